The molecule has 9 nitrogen and oxygen atoms in total. The number of pyridine rings is 1. The monoisotopic (exact) mass is 352 g/mol. The lowest BCUT2D eigenvalue weighted by atomic mass is 9.94. The zero-order valence-corrected chi connectivity index (χ0v) is 13.5. The third-order valence-electron chi connectivity index (χ3n) is 3.86. The van der Waals surface area contributed by atoms with E-state index in [1.807, 2.05) is 6.07 Å². The fourth-order valence-electron chi connectivity index (χ4n) is 2.66. The minimum atomic E-state index is -0.937. The highest BCUT2D eigenvalue weighted by Gasteiger charge is 2.31. The predicted molar refractivity (Wildman–Crippen MR) is 92.4 cm³/mol. The van der Waals surface area contributed by atoms with Gasteiger partial charge in [0.15, 0.2) is 6.19 Å². The molecule has 0 radical (unpaired) electrons. The third kappa shape index (κ3) is 2.65. The Bertz CT molecular complexity index is 1000. The largest absolute Gasteiger partial charge is 0.497 e. The highest BCUT2D eigenvalue weighted by molar-refractivity contribution is 5.98. The topological polar surface area (TPSA) is 158 Å². The molecule has 1 atom stereocenters. The number of aliphatic imine (C=N–C) groups is 1. The number of halogens is 1. The Balaban J connectivity index is 2.25. The van der Waals surface area contributed by atoms with Gasteiger partial charge in [-0.3, -0.25) is 5.32 Å². The van der Waals surface area contributed by atoms with Crippen molar-refractivity contribution in [3.63, 3.8) is 0 Å². The van der Waals surface area contributed by atoms with Crippen molar-refractivity contribution in [3.8, 4) is 18.0 Å². The maximum atomic E-state index is 14.6. The molecule has 6 N–H and O–H groups in total. The Hall–Kier alpha value is -4.05. The number of methoxy groups -OCH3 is 1. The van der Waals surface area contributed by atoms with Gasteiger partial charge in [-0.15, -0.1) is 0 Å². The number of guanidine groups is 1. The number of rotatable bonds is 2. The number of aromatic nitrogens is 1. The van der Waals surface area contributed by atoms with Crippen LogP contribution in [0.5, 0.6) is 5.75 Å². The van der Waals surface area contributed by atoms with E-state index >= 15 is 0 Å². The van der Waals surface area contributed by atoms with Crippen molar-refractivity contribution in [1.82, 2.24) is 10.3 Å². The van der Waals surface area contributed by atoms with Gasteiger partial charge in [0.05, 0.1) is 12.8 Å². The molecule has 26 heavy (non-hydrogen) atoms. The van der Waals surface area contributed by atoms with Gasteiger partial charge in [-0.05, 0) is 12.1 Å². The Labute approximate surface area is 147 Å². The highest BCUT2D eigenvalue weighted by atomic mass is 19.1. The van der Waals surface area contributed by atoms with Gasteiger partial charge in [0.25, 0.3) is 0 Å². The van der Waals surface area contributed by atoms with Crippen molar-refractivity contribution in [1.29, 1.82) is 10.5 Å². The smallest absolute Gasteiger partial charge is 0.211 e. The SMILES string of the molecule is COc1ccc(C2N=C(NC#N)Nc3nc(N)c(C#N)c(N)c32)c(F)c1. The molecule has 1 aliphatic rings. The molecule has 0 aliphatic carbocycles. The molecule has 0 amide bonds. The fourth-order valence-corrected chi connectivity index (χ4v) is 2.66. The van der Waals surface area contributed by atoms with Gasteiger partial charge in [-0.1, -0.05) is 0 Å². The fraction of sp³-hybridized carbons (Fsp3) is 0.125. The van der Waals surface area contributed by atoms with Gasteiger partial charge >= 0.3 is 0 Å². The normalized spacial score (nSPS) is 14.9. The lowest BCUT2D eigenvalue weighted by molar-refractivity contribution is 0.410. The van der Waals surface area contributed by atoms with Crippen LogP contribution >= 0.6 is 0 Å². The first kappa shape index (κ1) is 16.8. The molecule has 2 aromatic rings. The number of ether oxygens (including phenoxy) is 1. The summed E-state index contributed by atoms with van der Waals surface area (Å²) in [6.45, 7) is 0. The predicted octanol–water partition coefficient (Wildman–Crippen LogP) is 1.21. The van der Waals surface area contributed by atoms with Crippen molar-refractivity contribution in [2.45, 2.75) is 6.04 Å². The molecular weight excluding hydrogens is 339 g/mol. The van der Waals surface area contributed by atoms with E-state index in [9.17, 15) is 9.65 Å². The summed E-state index contributed by atoms with van der Waals surface area (Å²) in [7, 11) is 1.42. The van der Waals surface area contributed by atoms with Crippen molar-refractivity contribution in [2.75, 3.05) is 23.9 Å². The van der Waals surface area contributed by atoms with Crippen molar-refractivity contribution < 1.29 is 9.13 Å². The molecule has 0 saturated heterocycles. The van der Waals surface area contributed by atoms with Crippen LogP contribution < -0.4 is 26.8 Å². The third-order valence-corrected chi connectivity index (χ3v) is 3.86. The van der Waals surface area contributed by atoms with E-state index in [0.717, 1.165) is 0 Å². The van der Waals surface area contributed by atoms with Crippen LogP contribution in [-0.2, 0) is 0 Å². The van der Waals surface area contributed by atoms with E-state index in [4.69, 9.17) is 21.5 Å². The van der Waals surface area contributed by atoms with Crippen LogP contribution in [0, 0.1) is 28.6 Å². The number of fused-ring (bicyclic) bond motifs is 1. The zero-order chi connectivity index (χ0) is 18.8. The second kappa shape index (κ2) is 6.45. The van der Waals surface area contributed by atoms with Crippen LogP contribution in [0.15, 0.2) is 23.2 Å². The van der Waals surface area contributed by atoms with Crippen molar-refractivity contribution in [2.24, 2.45) is 4.99 Å². The maximum Gasteiger partial charge on any atom is 0.211 e. The lowest BCUT2D eigenvalue weighted by Crippen LogP contribution is -2.33. The van der Waals surface area contributed by atoms with Crippen molar-refractivity contribution in [3.05, 3.63) is 40.7 Å². The Morgan fingerprint density at radius 2 is 2.12 bits per heavy atom. The molecule has 1 aromatic carbocycles. The van der Waals surface area contributed by atoms with Crippen LogP contribution in [0.1, 0.15) is 22.7 Å². The summed E-state index contributed by atoms with van der Waals surface area (Å²) in [6, 6.07) is 5.21. The summed E-state index contributed by atoms with van der Waals surface area (Å²) in [5, 5.41) is 23.2. The van der Waals surface area contributed by atoms with Crippen LogP contribution in [0.25, 0.3) is 0 Å². The number of nitrogens with zero attached hydrogens (tertiary/aromatic N) is 4. The maximum absolute atomic E-state index is 14.6. The summed E-state index contributed by atoms with van der Waals surface area (Å²) in [5.74, 6) is -0.0931. The van der Waals surface area contributed by atoms with E-state index in [2.05, 4.69) is 20.6 Å². The average molecular weight is 352 g/mol. The molecule has 1 unspecified atom stereocenters. The first-order valence-corrected chi connectivity index (χ1v) is 7.32. The van der Waals surface area contributed by atoms with E-state index in [1.54, 1.807) is 12.3 Å². The summed E-state index contributed by atoms with van der Waals surface area (Å²) < 4.78 is 19.6. The quantitative estimate of drug-likeness (QED) is 0.463. The summed E-state index contributed by atoms with van der Waals surface area (Å²) in [4.78, 5) is 8.39. The molecule has 0 saturated carbocycles. The van der Waals surface area contributed by atoms with Crippen LogP contribution in [0.3, 0.4) is 0 Å². The van der Waals surface area contributed by atoms with Crippen LogP contribution in [-0.4, -0.2) is 18.1 Å². The van der Waals surface area contributed by atoms with Gasteiger partial charge in [0, 0.05) is 17.2 Å². The molecule has 1 aliphatic heterocycles. The van der Waals surface area contributed by atoms with Crippen LogP contribution in [0.4, 0.5) is 21.7 Å². The number of anilines is 3. The Kier molecular flexibility index (Phi) is 4.17. The van der Waals surface area contributed by atoms with E-state index < -0.39 is 11.9 Å². The minimum absolute atomic E-state index is 0.0173. The molecule has 130 valence electrons. The molecule has 3 rings (SSSR count). The molecule has 0 bridgehead atoms. The number of hydrogen-bond acceptors (Lipinski definition) is 9. The van der Waals surface area contributed by atoms with E-state index in [0.29, 0.717) is 11.3 Å². The number of nitrogen functional groups attached to an aromatic ring is 2. The Morgan fingerprint density at radius 1 is 1.35 bits per heavy atom. The van der Waals surface area contributed by atoms with E-state index in [1.165, 1.54) is 19.2 Å². The van der Waals surface area contributed by atoms with Crippen LogP contribution in [0.2, 0.25) is 0 Å². The number of nitriles is 2. The van der Waals surface area contributed by atoms with Gasteiger partial charge in [0.1, 0.15) is 40.9 Å². The second-order valence-electron chi connectivity index (χ2n) is 5.29. The van der Waals surface area contributed by atoms with Gasteiger partial charge in [-0.2, -0.15) is 10.5 Å². The number of benzene rings is 1. The number of hydrogen-bond donors (Lipinski definition) is 4. The Morgan fingerprint density at radius 3 is 2.73 bits per heavy atom. The first-order valence-electron chi connectivity index (χ1n) is 7.32. The van der Waals surface area contributed by atoms with Gasteiger partial charge < -0.3 is 21.5 Å². The standard InChI is InChI=1S/C16H13FN8O/c1-26-7-2-3-8(10(17)4-7)13-11-12(20)9(5-18)14(21)24-15(11)25-16(23-13)22-6-19/h2-4,13H,1H3,(H6,20,21,22,23,24,25). The lowest BCUT2D eigenvalue weighted by Gasteiger charge is -2.26. The molecule has 1 aromatic heterocycles. The van der Waals surface area contributed by atoms with E-state index in [-0.39, 0.29) is 34.4 Å². The highest BCUT2D eigenvalue weighted by Crippen LogP contribution is 2.41. The summed E-state index contributed by atoms with van der Waals surface area (Å²) >= 11 is 0. The summed E-state index contributed by atoms with van der Waals surface area (Å²) in [5.41, 5.74) is 12.3. The molecule has 2 heterocycles. The van der Waals surface area contributed by atoms with Crippen molar-refractivity contribution >= 4 is 23.3 Å². The minimum Gasteiger partial charge on any atom is -0.497 e. The average Bonchev–Trinajstić information content (AvgIpc) is 2.61. The molecule has 10 heteroatoms. The first-order chi connectivity index (χ1) is 12.5. The number of nitrogens with one attached hydrogen (secondary N) is 2. The molecular formula is C16H13FN8O. The second-order valence-corrected chi connectivity index (χ2v) is 5.29. The molecule has 0 fully saturated rings. The zero-order valence-electron chi connectivity index (χ0n) is 13.5. The summed E-state index contributed by atoms with van der Waals surface area (Å²) in [6.07, 6.45) is 1.73. The van der Waals surface area contributed by atoms with Gasteiger partial charge in [-0.25, -0.2) is 14.4 Å². The van der Waals surface area contributed by atoms with Gasteiger partial charge in [0.2, 0.25) is 5.96 Å². The number of nitrogens with two attached hydrogens (primary N) is 2. The molecule has 0 spiro atoms.